The highest BCUT2D eigenvalue weighted by molar-refractivity contribution is 5.82. The quantitative estimate of drug-likeness (QED) is 0.130. The molecular weight excluding hydrogens is 454 g/mol. The molecule has 3 nitrogen and oxygen atoms in total. The zero-order chi connectivity index (χ0) is 26.1. The average molecular weight is 504 g/mol. The van der Waals surface area contributed by atoms with Crippen LogP contribution >= 0.6 is 0 Å². The molecule has 0 atom stereocenters. The number of carbonyl (C=O) groups is 1. The lowest BCUT2D eigenvalue weighted by Gasteiger charge is -2.28. The Morgan fingerprint density at radius 1 is 0.838 bits per heavy atom. The Hall–Kier alpha value is -2.42. The monoisotopic (exact) mass is 503 g/mol. The Balaban J connectivity index is 1.34. The molecule has 0 N–H and O–H groups in total. The second-order valence-electron chi connectivity index (χ2n) is 10.9. The molecule has 202 valence electrons. The molecular formula is C34H49NO2. The maximum absolute atomic E-state index is 12.2. The van der Waals surface area contributed by atoms with Crippen LogP contribution in [0.4, 0.5) is 0 Å². The number of pyridine rings is 1. The largest absolute Gasteiger partial charge is 0.459 e. The summed E-state index contributed by atoms with van der Waals surface area (Å²) in [6, 6.07) is 13.3. The van der Waals surface area contributed by atoms with Crippen molar-refractivity contribution in [1.82, 2.24) is 4.98 Å². The third-order valence-corrected chi connectivity index (χ3v) is 7.76. The molecule has 0 unspecified atom stereocenters. The maximum atomic E-state index is 12.2. The molecule has 3 heteroatoms. The van der Waals surface area contributed by atoms with Crippen molar-refractivity contribution in [2.75, 3.05) is 0 Å². The molecule has 37 heavy (non-hydrogen) atoms. The first-order valence-electron chi connectivity index (χ1n) is 15.1. The van der Waals surface area contributed by atoms with Crippen molar-refractivity contribution in [3.05, 3.63) is 65.9 Å². The SMILES string of the molecule is CCCCCCCCC/C=C/C(=O)OC1CCC(c2ccc(-c3ccc(CCCCC)cn3)cc2)CC1. The molecule has 2 aromatic rings. The van der Waals surface area contributed by atoms with Crippen LogP contribution in [0.3, 0.4) is 0 Å². The summed E-state index contributed by atoms with van der Waals surface area (Å²) in [4.78, 5) is 16.9. The number of carbonyl (C=O) groups excluding carboxylic acids is 1. The lowest BCUT2D eigenvalue weighted by molar-refractivity contribution is -0.144. The van der Waals surface area contributed by atoms with Crippen LogP contribution < -0.4 is 0 Å². The lowest BCUT2D eigenvalue weighted by atomic mass is 9.82. The second kappa shape index (κ2) is 17.2. The molecule has 0 spiro atoms. The molecule has 1 aliphatic carbocycles. The van der Waals surface area contributed by atoms with Gasteiger partial charge in [0, 0.05) is 17.8 Å². The zero-order valence-corrected chi connectivity index (χ0v) is 23.4. The summed E-state index contributed by atoms with van der Waals surface area (Å²) in [7, 11) is 0. The fourth-order valence-electron chi connectivity index (χ4n) is 5.36. The maximum Gasteiger partial charge on any atom is 0.330 e. The Labute approximate surface area is 226 Å². The molecule has 1 aromatic carbocycles. The fourth-order valence-corrected chi connectivity index (χ4v) is 5.36. The van der Waals surface area contributed by atoms with Crippen LogP contribution in [-0.2, 0) is 16.0 Å². The number of hydrogen-bond donors (Lipinski definition) is 0. The van der Waals surface area contributed by atoms with Gasteiger partial charge in [-0.15, -0.1) is 0 Å². The van der Waals surface area contributed by atoms with Crippen molar-refractivity contribution < 1.29 is 9.53 Å². The van der Waals surface area contributed by atoms with E-state index in [0.29, 0.717) is 5.92 Å². The van der Waals surface area contributed by atoms with E-state index in [9.17, 15) is 4.79 Å². The van der Waals surface area contributed by atoms with E-state index in [1.54, 1.807) is 6.08 Å². The lowest BCUT2D eigenvalue weighted by Crippen LogP contribution is -2.23. The Kier molecular flexibility index (Phi) is 13.5. The molecule has 1 fully saturated rings. The fraction of sp³-hybridized carbons (Fsp3) is 0.588. The van der Waals surface area contributed by atoms with Crippen LogP contribution in [0, 0.1) is 0 Å². The van der Waals surface area contributed by atoms with Gasteiger partial charge >= 0.3 is 5.97 Å². The molecule has 1 heterocycles. The number of ether oxygens (including phenoxy) is 1. The number of unbranched alkanes of at least 4 members (excludes halogenated alkanes) is 9. The van der Waals surface area contributed by atoms with E-state index in [4.69, 9.17) is 9.72 Å². The minimum atomic E-state index is -0.167. The minimum absolute atomic E-state index is 0.0614. The van der Waals surface area contributed by atoms with Crippen molar-refractivity contribution in [2.45, 2.75) is 129 Å². The van der Waals surface area contributed by atoms with E-state index in [1.165, 1.54) is 80.9 Å². The van der Waals surface area contributed by atoms with E-state index < -0.39 is 0 Å². The average Bonchev–Trinajstić information content (AvgIpc) is 2.93. The van der Waals surface area contributed by atoms with Crippen LogP contribution in [0.15, 0.2) is 54.7 Å². The van der Waals surface area contributed by atoms with Crippen LogP contribution in [0.5, 0.6) is 0 Å². The molecule has 1 saturated carbocycles. The van der Waals surface area contributed by atoms with Crippen LogP contribution in [0.25, 0.3) is 11.3 Å². The Morgan fingerprint density at radius 2 is 1.51 bits per heavy atom. The molecule has 1 aliphatic rings. The smallest absolute Gasteiger partial charge is 0.330 e. The summed E-state index contributed by atoms with van der Waals surface area (Å²) in [5.74, 6) is 0.380. The zero-order valence-electron chi connectivity index (χ0n) is 23.4. The number of hydrogen-bond acceptors (Lipinski definition) is 3. The van der Waals surface area contributed by atoms with Gasteiger partial charge in [0.2, 0.25) is 0 Å². The van der Waals surface area contributed by atoms with Gasteiger partial charge in [0.1, 0.15) is 6.10 Å². The second-order valence-corrected chi connectivity index (χ2v) is 10.9. The molecule has 1 aromatic heterocycles. The number of esters is 1. The van der Waals surface area contributed by atoms with E-state index >= 15 is 0 Å². The van der Waals surface area contributed by atoms with Crippen molar-refractivity contribution in [3.8, 4) is 11.3 Å². The number of nitrogens with zero attached hydrogens (tertiary/aromatic N) is 1. The third-order valence-electron chi connectivity index (χ3n) is 7.76. The number of rotatable bonds is 16. The van der Waals surface area contributed by atoms with Gasteiger partial charge in [0.25, 0.3) is 0 Å². The normalized spacial score (nSPS) is 17.8. The Bertz CT molecular complexity index is 908. The van der Waals surface area contributed by atoms with Crippen molar-refractivity contribution in [2.24, 2.45) is 0 Å². The van der Waals surface area contributed by atoms with Crippen LogP contribution in [0.1, 0.15) is 127 Å². The van der Waals surface area contributed by atoms with Gasteiger partial charge in [-0.1, -0.05) is 102 Å². The number of allylic oxidation sites excluding steroid dienone is 1. The first-order valence-corrected chi connectivity index (χ1v) is 15.1. The summed E-state index contributed by atoms with van der Waals surface area (Å²) in [5, 5.41) is 0. The first-order chi connectivity index (χ1) is 18.2. The predicted molar refractivity (Wildman–Crippen MR) is 156 cm³/mol. The van der Waals surface area contributed by atoms with Crippen LogP contribution in [-0.4, -0.2) is 17.1 Å². The van der Waals surface area contributed by atoms with E-state index in [-0.39, 0.29) is 12.1 Å². The minimum Gasteiger partial charge on any atom is -0.459 e. The van der Waals surface area contributed by atoms with Gasteiger partial charge in [-0.05, 0) is 74.5 Å². The summed E-state index contributed by atoms with van der Waals surface area (Å²) >= 11 is 0. The molecule has 0 saturated heterocycles. The third kappa shape index (κ3) is 10.8. The van der Waals surface area contributed by atoms with Gasteiger partial charge in [-0.2, -0.15) is 0 Å². The van der Waals surface area contributed by atoms with Gasteiger partial charge in [-0.3, -0.25) is 4.98 Å². The van der Waals surface area contributed by atoms with Crippen molar-refractivity contribution in [1.29, 1.82) is 0 Å². The Morgan fingerprint density at radius 3 is 2.19 bits per heavy atom. The topological polar surface area (TPSA) is 39.2 Å². The van der Waals surface area contributed by atoms with Crippen molar-refractivity contribution >= 4 is 5.97 Å². The summed E-state index contributed by atoms with van der Waals surface area (Å²) in [5.41, 5.74) is 4.94. The summed E-state index contributed by atoms with van der Waals surface area (Å²) < 4.78 is 5.73. The molecule has 3 rings (SSSR count). The van der Waals surface area contributed by atoms with E-state index in [1.807, 2.05) is 12.3 Å². The van der Waals surface area contributed by atoms with E-state index in [0.717, 1.165) is 44.2 Å². The van der Waals surface area contributed by atoms with Gasteiger partial charge < -0.3 is 4.74 Å². The predicted octanol–water partition coefficient (Wildman–Crippen LogP) is 9.75. The number of aryl methyl sites for hydroxylation is 1. The van der Waals surface area contributed by atoms with Crippen LogP contribution in [0.2, 0.25) is 0 Å². The van der Waals surface area contributed by atoms with Gasteiger partial charge in [-0.25, -0.2) is 4.79 Å². The summed E-state index contributed by atoms with van der Waals surface area (Å²) in [6.45, 7) is 4.49. The molecule has 0 amide bonds. The summed E-state index contributed by atoms with van der Waals surface area (Å²) in [6.07, 6.45) is 24.7. The molecule has 0 radical (unpaired) electrons. The van der Waals surface area contributed by atoms with Crippen molar-refractivity contribution in [3.63, 3.8) is 0 Å². The number of aromatic nitrogens is 1. The molecule has 0 aliphatic heterocycles. The highest BCUT2D eigenvalue weighted by Crippen LogP contribution is 2.35. The number of benzene rings is 1. The standard InChI is InChI=1S/C34H49NO2/c1-3-5-7-8-9-10-11-12-14-16-34(36)37-32-24-22-30(23-25-32)29-18-20-31(21-19-29)33-26-17-28(27-35-33)15-13-6-4-2/h14,16-21,26-27,30,32H,3-13,15,22-25H2,1-2H3/b16-14+. The highest BCUT2D eigenvalue weighted by atomic mass is 16.5. The van der Waals surface area contributed by atoms with E-state index in [2.05, 4.69) is 50.2 Å². The first kappa shape index (κ1) is 29.1. The van der Waals surface area contributed by atoms with Gasteiger partial charge in [0.15, 0.2) is 0 Å². The molecule has 0 bridgehead atoms. The highest BCUT2D eigenvalue weighted by Gasteiger charge is 2.24. The van der Waals surface area contributed by atoms with Gasteiger partial charge in [0.05, 0.1) is 5.69 Å².